The first-order valence-corrected chi connectivity index (χ1v) is 23.6. The van der Waals surface area contributed by atoms with E-state index in [1.54, 1.807) is 0 Å². The number of fused-ring (bicyclic) bond motifs is 11. The molecule has 0 amide bonds. The van der Waals surface area contributed by atoms with Crippen LogP contribution in [0.2, 0.25) is 0 Å². The molecule has 0 bridgehead atoms. The first kappa shape index (κ1) is 37.7. The van der Waals surface area contributed by atoms with Gasteiger partial charge in [-0.05, 0) is 131 Å². The zero-order valence-electron chi connectivity index (χ0n) is 36.2. The summed E-state index contributed by atoms with van der Waals surface area (Å²) in [5.41, 5.74) is 18.3. The highest BCUT2D eigenvalue weighted by Gasteiger charge is 2.21. The van der Waals surface area contributed by atoms with Gasteiger partial charge in [-0.25, -0.2) is 0 Å². The van der Waals surface area contributed by atoms with Gasteiger partial charge in [0.2, 0.25) is 0 Å². The lowest BCUT2D eigenvalue weighted by Gasteiger charge is -2.26. The first-order valence-electron chi connectivity index (χ1n) is 22.7. The third-order valence-electron chi connectivity index (χ3n) is 13.5. The van der Waals surface area contributed by atoms with Gasteiger partial charge in [0.05, 0.1) is 26.8 Å². The summed E-state index contributed by atoms with van der Waals surface area (Å²) in [7, 11) is 0. The van der Waals surface area contributed by atoms with Crippen LogP contribution in [0.25, 0.3) is 109 Å². The molecule has 0 atom stereocenters. The average molecular weight is 874 g/mol. The summed E-state index contributed by atoms with van der Waals surface area (Å²) >= 11 is 1.85. The van der Waals surface area contributed by atoms with Crippen LogP contribution in [0, 0.1) is 0 Å². The molecule has 0 spiro atoms. The molecular formula is C62H39N3OS. The molecule has 14 rings (SSSR count). The van der Waals surface area contributed by atoms with E-state index in [0.29, 0.717) is 0 Å². The molecule has 67 heavy (non-hydrogen) atoms. The molecule has 0 aliphatic carbocycles. The minimum absolute atomic E-state index is 0.912. The van der Waals surface area contributed by atoms with Crippen LogP contribution in [0.1, 0.15) is 0 Å². The summed E-state index contributed by atoms with van der Waals surface area (Å²) < 4.78 is 12.4. The molecule has 0 saturated heterocycles. The van der Waals surface area contributed by atoms with Crippen LogP contribution in [0.5, 0.6) is 0 Å². The second kappa shape index (κ2) is 15.0. The maximum absolute atomic E-state index is 6.36. The molecule has 0 saturated carbocycles. The van der Waals surface area contributed by atoms with Crippen LogP contribution in [-0.2, 0) is 0 Å². The van der Waals surface area contributed by atoms with Crippen molar-refractivity contribution >= 4 is 98.1 Å². The fraction of sp³-hybridized carbons (Fsp3) is 0. The van der Waals surface area contributed by atoms with Crippen LogP contribution in [0.3, 0.4) is 0 Å². The Morgan fingerprint density at radius 3 is 1.66 bits per heavy atom. The fourth-order valence-corrected chi connectivity index (χ4v) is 11.6. The molecule has 0 N–H and O–H groups in total. The topological polar surface area (TPSA) is 25.7 Å². The van der Waals surface area contributed by atoms with Crippen molar-refractivity contribution in [1.82, 2.24) is 8.97 Å². The molecule has 314 valence electrons. The number of nitrogens with zero attached hydrogens (tertiary/aromatic N) is 3. The molecule has 4 nitrogen and oxygen atoms in total. The summed E-state index contributed by atoms with van der Waals surface area (Å²) in [6.07, 6.45) is 0. The van der Waals surface area contributed by atoms with Crippen molar-refractivity contribution in [2.45, 2.75) is 0 Å². The summed E-state index contributed by atoms with van der Waals surface area (Å²) in [6, 6.07) is 85.5. The second-order valence-corrected chi connectivity index (χ2v) is 18.3. The minimum Gasteiger partial charge on any atom is -0.456 e. The lowest BCUT2D eigenvalue weighted by Crippen LogP contribution is -2.09. The standard InChI is InChI=1S/C62H39N3OS/c1-3-13-45(14-4-1)63(47-30-23-40(24-31-47)42-28-35-56-53(37-42)49-17-7-10-20-54(49)64(56)46-15-5-2-6-16-46)48-32-25-41(26-33-48)43-29-36-60-57(38-43)65-55-21-11-8-19-52(55)61(62(65)67-60)44-27-34-51-50-18-9-12-22-58(50)66-59(51)39-44/h1-39H. The van der Waals surface area contributed by atoms with E-state index in [0.717, 1.165) is 44.6 Å². The molecule has 4 aromatic heterocycles. The summed E-state index contributed by atoms with van der Waals surface area (Å²) in [5.74, 6) is 0. The molecule has 4 heterocycles. The normalized spacial score (nSPS) is 11.9. The predicted octanol–water partition coefficient (Wildman–Crippen LogP) is 17.8. The fourth-order valence-electron chi connectivity index (χ4n) is 10.4. The van der Waals surface area contributed by atoms with Gasteiger partial charge in [0.1, 0.15) is 16.0 Å². The van der Waals surface area contributed by atoms with Gasteiger partial charge in [-0.15, -0.1) is 11.3 Å². The highest BCUT2D eigenvalue weighted by molar-refractivity contribution is 7.24. The Hall–Kier alpha value is -8.64. The van der Waals surface area contributed by atoms with Crippen molar-refractivity contribution in [3.63, 3.8) is 0 Å². The minimum atomic E-state index is 0.912. The number of hydrogen-bond donors (Lipinski definition) is 0. The van der Waals surface area contributed by atoms with Gasteiger partial charge in [-0.1, -0.05) is 133 Å². The van der Waals surface area contributed by atoms with Gasteiger partial charge in [0.25, 0.3) is 0 Å². The van der Waals surface area contributed by atoms with Crippen molar-refractivity contribution < 1.29 is 4.42 Å². The van der Waals surface area contributed by atoms with Crippen LogP contribution in [0.4, 0.5) is 17.1 Å². The Bertz CT molecular complexity index is 4200. The van der Waals surface area contributed by atoms with E-state index >= 15 is 0 Å². The van der Waals surface area contributed by atoms with Crippen LogP contribution in [0.15, 0.2) is 241 Å². The second-order valence-electron chi connectivity index (χ2n) is 17.3. The van der Waals surface area contributed by atoms with E-state index in [2.05, 4.69) is 238 Å². The first-order chi connectivity index (χ1) is 33.2. The van der Waals surface area contributed by atoms with Gasteiger partial charge in [-0.2, -0.15) is 0 Å². The number of benzene rings is 10. The van der Waals surface area contributed by atoms with Crippen molar-refractivity contribution in [2.75, 3.05) is 4.90 Å². The molecular weight excluding hydrogens is 835 g/mol. The van der Waals surface area contributed by atoms with E-state index in [1.807, 2.05) is 23.5 Å². The highest BCUT2D eigenvalue weighted by atomic mass is 32.1. The van der Waals surface area contributed by atoms with E-state index in [1.165, 1.54) is 81.3 Å². The lowest BCUT2D eigenvalue weighted by atomic mass is 10.0. The van der Waals surface area contributed by atoms with Gasteiger partial charge in [-0.3, -0.25) is 4.40 Å². The quantitative estimate of drug-likeness (QED) is 0.159. The van der Waals surface area contributed by atoms with Gasteiger partial charge < -0.3 is 13.9 Å². The Balaban J connectivity index is 0.814. The predicted molar refractivity (Wildman–Crippen MR) is 283 cm³/mol. The lowest BCUT2D eigenvalue weighted by molar-refractivity contribution is 0.669. The molecule has 0 radical (unpaired) electrons. The number of para-hydroxylation sites is 5. The van der Waals surface area contributed by atoms with E-state index < -0.39 is 0 Å². The van der Waals surface area contributed by atoms with Crippen molar-refractivity contribution in [2.24, 2.45) is 0 Å². The van der Waals surface area contributed by atoms with Crippen molar-refractivity contribution in [3.8, 4) is 39.1 Å². The van der Waals surface area contributed by atoms with E-state index in [9.17, 15) is 0 Å². The van der Waals surface area contributed by atoms with Crippen molar-refractivity contribution in [3.05, 3.63) is 237 Å². The van der Waals surface area contributed by atoms with E-state index in [-0.39, 0.29) is 0 Å². The average Bonchev–Trinajstić information content (AvgIpc) is 4.14. The Kier molecular flexibility index (Phi) is 8.42. The zero-order chi connectivity index (χ0) is 44.0. The maximum atomic E-state index is 6.36. The number of hydrogen-bond acceptors (Lipinski definition) is 3. The third-order valence-corrected chi connectivity index (χ3v) is 14.7. The van der Waals surface area contributed by atoms with Crippen LogP contribution < -0.4 is 4.90 Å². The number of aromatic nitrogens is 2. The van der Waals surface area contributed by atoms with E-state index in [4.69, 9.17) is 4.42 Å². The molecule has 0 fully saturated rings. The van der Waals surface area contributed by atoms with Gasteiger partial charge in [0, 0.05) is 55.2 Å². The Labute approximate surface area is 390 Å². The number of rotatable bonds is 7. The zero-order valence-corrected chi connectivity index (χ0v) is 37.0. The Morgan fingerprint density at radius 1 is 0.343 bits per heavy atom. The molecule has 14 aromatic rings. The number of furan rings is 1. The monoisotopic (exact) mass is 873 g/mol. The maximum Gasteiger partial charge on any atom is 0.136 e. The summed E-state index contributed by atoms with van der Waals surface area (Å²) in [6.45, 7) is 0. The van der Waals surface area contributed by atoms with Crippen LogP contribution in [-0.4, -0.2) is 8.97 Å². The number of anilines is 3. The summed E-state index contributed by atoms with van der Waals surface area (Å²) in [5, 5.41) is 6.03. The molecule has 0 aliphatic rings. The van der Waals surface area contributed by atoms with Crippen LogP contribution >= 0.6 is 11.3 Å². The van der Waals surface area contributed by atoms with Gasteiger partial charge >= 0.3 is 0 Å². The largest absolute Gasteiger partial charge is 0.456 e. The Morgan fingerprint density at radius 2 is 0.896 bits per heavy atom. The smallest absolute Gasteiger partial charge is 0.136 e. The molecule has 10 aromatic carbocycles. The van der Waals surface area contributed by atoms with Gasteiger partial charge in [0.15, 0.2) is 0 Å². The highest BCUT2D eigenvalue weighted by Crippen LogP contribution is 2.45. The van der Waals surface area contributed by atoms with Crippen molar-refractivity contribution in [1.29, 1.82) is 0 Å². The summed E-state index contributed by atoms with van der Waals surface area (Å²) in [4.78, 5) is 3.58. The number of thiazole rings is 1. The third kappa shape index (κ3) is 5.99. The molecule has 5 heteroatoms. The molecule has 0 aliphatic heterocycles. The SMILES string of the molecule is c1ccc(N(c2ccc(-c3ccc4c(c3)c3ccccc3n4-c3ccccc3)cc2)c2ccc(-c3ccc4sc5c(-c6ccc7c(c6)oc6ccccc67)c6ccccc6n5c4c3)cc2)cc1. The molecule has 0 unspecified atom stereocenters.